The molecule has 0 aliphatic rings. The number of pyridine rings is 1. The van der Waals surface area contributed by atoms with Gasteiger partial charge < -0.3 is 15.4 Å². The molecule has 7 nitrogen and oxygen atoms in total. The Morgan fingerprint density at radius 1 is 1.23 bits per heavy atom. The van der Waals surface area contributed by atoms with Gasteiger partial charge in [0.15, 0.2) is 5.96 Å². The van der Waals surface area contributed by atoms with Crippen LogP contribution in [0.4, 0.5) is 8.78 Å². The number of nitrogens with zero attached hydrogens (tertiary/aromatic N) is 4. The molecule has 0 atom stereocenters. The zero-order valence-corrected chi connectivity index (χ0v) is 19.0. The quantitative estimate of drug-likeness (QED) is 0.265. The van der Waals surface area contributed by atoms with Crippen LogP contribution in [0, 0.1) is 0 Å². The molecule has 1 aromatic carbocycles. The summed E-state index contributed by atoms with van der Waals surface area (Å²) in [6, 6.07) is 8.30. The van der Waals surface area contributed by atoms with Crippen molar-refractivity contribution in [2.45, 2.75) is 19.7 Å². The van der Waals surface area contributed by atoms with Crippen molar-refractivity contribution < 1.29 is 13.5 Å². The van der Waals surface area contributed by atoms with Gasteiger partial charge in [-0.3, -0.25) is 9.56 Å². The summed E-state index contributed by atoms with van der Waals surface area (Å²) in [5.41, 5.74) is 1.44. The van der Waals surface area contributed by atoms with Crippen LogP contribution in [0.5, 0.6) is 5.75 Å². The summed E-state index contributed by atoms with van der Waals surface area (Å²) in [5, 5.41) is 6.62. The van der Waals surface area contributed by atoms with E-state index >= 15 is 0 Å². The number of hydrogen-bond donors (Lipinski definition) is 2. The maximum Gasteiger partial charge on any atom is 0.387 e. The van der Waals surface area contributed by atoms with Gasteiger partial charge >= 0.3 is 6.61 Å². The highest BCUT2D eigenvalue weighted by molar-refractivity contribution is 14.0. The number of ether oxygens (including phenoxy) is 1. The van der Waals surface area contributed by atoms with Gasteiger partial charge in [-0.15, -0.1) is 24.0 Å². The fourth-order valence-electron chi connectivity index (χ4n) is 2.55. The fourth-order valence-corrected chi connectivity index (χ4v) is 2.75. The minimum atomic E-state index is -2.91. The molecule has 0 aliphatic heterocycles. The maximum atomic E-state index is 12.6. The Bertz CT molecular complexity index is 954. The number of nitrogens with one attached hydrogen (secondary N) is 2. The molecule has 0 bridgehead atoms. The van der Waals surface area contributed by atoms with Crippen molar-refractivity contribution in [3.05, 3.63) is 71.4 Å². The molecule has 3 aromatic rings. The van der Waals surface area contributed by atoms with Crippen molar-refractivity contribution in [1.29, 1.82) is 0 Å². The zero-order valence-electron chi connectivity index (χ0n) is 15.9. The number of imidazole rings is 1. The summed E-state index contributed by atoms with van der Waals surface area (Å²) in [6.45, 7) is -2.22. The lowest BCUT2D eigenvalue weighted by Gasteiger charge is -2.15. The first-order valence-corrected chi connectivity index (χ1v) is 9.04. The van der Waals surface area contributed by atoms with Crippen LogP contribution in [-0.4, -0.2) is 34.2 Å². The van der Waals surface area contributed by atoms with Crippen LogP contribution in [0.3, 0.4) is 0 Å². The van der Waals surface area contributed by atoms with Gasteiger partial charge in [-0.05, 0) is 29.8 Å². The van der Waals surface area contributed by atoms with Crippen LogP contribution in [0.1, 0.15) is 11.1 Å². The third-order valence-corrected chi connectivity index (χ3v) is 4.18. The molecule has 0 saturated carbocycles. The first-order valence-electron chi connectivity index (χ1n) is 8.66. The van der Waals surface area contributed by atoms with E-state index in [1.807, 2.05) is 22.9 Å². The minimum absolute atomic E-state index is 0. The second kappa shape index (κ2) is 11.6. The van der Waals surface area contributed by atoms with Gasteiger partial charge in [0.25, 0.3) is 0 Å². The Balaban J connectivity index is 0.00000320. The van der Waals surface area contributed by atoms with Crippen molar-refractivity contribution in [3.8, 4) is 11.6 Å². The molecule has 0 amide bonds. The first kappa shape index (κ1) is 23.8. The molecule has 0 radical (unpaired) electrons. The molecule has 3 rings (SSSR count). The van der Waals surface area contributed by atoms with Gasteiger partial charge in [0.1, 0.15) is 17.9 Å². The van der Waals surface area contributed by atoms with Crippen LogP contribution in [0.2, 0.25) is 5.02 Å². The van der Waals surface area contributed by atoms with E-state index in [9.17, 15) is 8.78 Å². The van der Waals surface area contributed by atoms with Gasteiger partial charge in [-0.1, -0.05) is 17.7 Å². The van der Waals surface area contributed by atoms with Gasteiger partial charge in [0.05, 0.1) is 0 Å². The Hall–Kier alpha value is -2.47. The molecule has 0 spiro atoms. The number of aromatic nitrogens is 3. The lowest BCUT2D eigenvalue weighted by atomic mass is 10.2. The summed E-state index contributed by atoms with van der Waals surface area (Å²) in [4.78, 5) is 12.5. The van der Waals surface area contributed by atoms with Crippen LogP contribution < -0.4 is 15.4 Å². The third-order valence-electron chi connectivity index (χ3n) is 3.95. The number of halogens is 4. The maximum absolute atomic E-state index is 12.6. The Morgan fingerprint density at radius 2 is 2.03 bits per heavy atom. The second-order valence-electron chi connectivity index (χ2n) is 5.90. The molecular formula is C19H20ClF2IN6O. The van der Waals surface area contributed by atoms with Crippen LogP contribution in [0.25, 0.3) is 5.82 Å². The number of guanidine groups is 1. The van der Waals surface area contributed by atoms with E-state index < -0.39 is 6.61 Å². The molecule has 30 heavy (non-hydrogen) atoms. The van der Waals surface area contributed by atoms with E-state index in [-0.39, 0.29) is 36.3 Å². The molecule has 0 aliphatic carbocycles. The van der Waals surface area contributed by atoms with Gasteiger partial charge in [0, 0.05) is 49.3 Å². The summed E-state index contributed by atoms with van der Waals surface area (Å²) >= 11 is 5.96. The largest absolute Gasteiger partial charge is 0.434 e. The lowest BCUT2D eigenvalue weighted by molar-refractivity contribution is -0.0504. The van der Waals surface area contributed by atoms with E-state index in [4.69, 9.17) is 11.6 Å². The molecule has 0 unspecified atom stereocenters. The molecule has 11 heteroatoms. The summed E-state index contributed by atoms with van der Waals surface area (Å²) in [5.74, 6) is 1.32. The first-order chi connectivity index (χ1) is 14.0. The molecule has 2 heterocycles. The Morgan fingerprint density at radius 3 is 2.67 bits per heavy atom. The van der Waals surface area contributed by atoms with Gasteiger partial charge in [0.2, 0.25) is 0 Å². The highest BCUT2D eigenvalue weighted by atomic mass is 127. The van der Waals surface area contributed by atoms with Crippen molar-refractivity contribution in [2.75, 3.05) is 7.05 Å². The molecule has 0 fully saturated rings. The fraction of sp³-hybridized carbons (Fsp3) is 0.211. The average Bonchev–Trinajstić information content (AvgIpc) is 3.25. The monoisotopic (exact) mass is 548 g/mol. The lowest BCUT2D eigenvalue weighted by Crippen LogP contribution is -2.36. The smallest absolute Gasteiger partial charge is 0.387 e. The summed E-state index contributed by atoms with van der Waals surface area (Å²) < 4.78 is 31.5. The number of rotatable bonds is 7. The highest BCUT2D eigenvalue weighted by Gasteiger charge is 2.11. The zero-order chi connectivity index (χ0) is 20.6. The van der Waals surface area contributed by atoms with Crippen molar-refractivity contribution in [3.63, 3.8) is 0 Å². The average molecular weight is 549 g/mol. The normalized spacial score (nSPS) is 11.2. The summed E-state index contributed by atoms with van der Waals surface area (Å²) in [7, 11) is 1.62. The molecule has 2 aromatic heterocycles. The predicted molar refractivity (Wildman–Crippen MR) is 122 cm³/mol. The molecule has 2 N–H and O–H groups in total. The van der Waals surface area contributed by atoms with Crippen LogP contribution in [0.15, 0.2) is 60.2 Å². The van der Waals surface area contributed by atoms with E-state index in [1.165, 1.54) is 12.1 Å². The van der Waals surface area contributed by atoms with Crippen molar-refractivity contribution in [2.24, 2.45) is 4.99 Å². The number of hydrogen-bond acceptors (Lipinski definition) is 4. The predicted octanol–water partition coefficient (Wildman–Crippen LogP) is 4.01. The standard InChI is InChI=1S/C19H19ClF2N6O.HI/c1-23-19(27-11-14-8-15(20)3-4-16(14)29-18(21)22)26-10-13-2-5-17(25-9-13)28-7-6-24-12-28;/h2-9,12,18H,10-11H2,1H3,(H2,23,26,27);1H. The number of aliphatic imine (C=N–C) groups is 1. The van der Waals surface area contributed by atoms with Gasteiger partial charge in [-0.2, -0.15) is 8.78 Å². The Labute approximate surface area is 194 Å². The van der Waals surface area contributed by atoms with Crippen LogP contribution in [-0.2, 0) is 13.1 Å². The summed E-state index contributed by atoms with van der Waals surface area (Å²) in [6.07, 6.45) is 6.92. The minimum Gasteiger partial charge on any atom is -0.434 e. The Kier molecular flexibility index (Phi) is 9.24. The number of benzene rings is 1. The molecule has 160 valence electrons. The third kappa shape index (κ3) is 6.80. The second-order valence-corrected chi connectivity index (χ2v) is 6.34. The van der Waals surface area contributed by atoms with E-state index in [0.29, 0.717) is 23.1 Å². The highest BCUT2D eigenvalue weighted by Crippen LogP contribution is 2.24. The van der Waals surface area contributed by atoms with E-state index in [1.54, 1.807) is 31.8 Å². The van der Waals surface area contributed by atoms with Gasteiger partial charge in [-0.25, -0.2) is 9.97 Å². The molecular weight excluding hydrogens is 529 g/mol. The number of alkyl halides is 2. The van der Waals surface area contributed by atoms with E-state index in [2.05, 4.69) is 30.3 Å². The molecule has 0 saturated heterocycles. The van der Waals surface area contributed by atoms with Crippen molar-refractivity contribution >= 4 is 41.5 Å². The topological polar surface area (TPSA) is 76.4 Å². The van der Waals surface area contributed by atoms with E-state index in [0.717, 1.165) is 11.4 Å². The van der Waals surface area contributed by atoms with Crippen LogP contribution >= 0.6 is 35.6 Å². The SMILES string of the molecule is CN=C(NCc1ccc(-n2ccnc2)nc1)NCc1cc(Cl)ccc1OC(F)F.I. The van der Waals surface area contributed by atoms with Crippen molar-refractivity contribution in [1.82, 2.24) is 25.2 Å².